The second-order valence-electron chi connectivity index (χ2n) is 8.41. The third-order valence-electron chi connectivity index (χ3n) is 6.91. The second kappa shape index (κ2) is 6.77. The Kier molecular flexibility index (Phi) is 3.84. The third-order valence-corrected chi connectivity index (χ3v) is 14.8. The van der Waals surface area contributed by atoms with E-state index in [-0.39, 0.29) is 0 Å². The highest BCUT2D eigenvalue weighted by Gasteiger charge is 2.47. The fraction of sp³-hybridized carbons (Fsp3) is 0. The smallest absolute Gasteiger partial charge is 0.181 e. The van der Waals surface area contributed by atoms with Crippen LogP contribution < -0.4 is 20.7 Å². The third kappa shape index (κ3) is 2.21. The maximum atomic E-state index is 4.94. The molecule has 32 heavy (non-hydrogen) atoms. The first kappa shape index (κ1) is 18.2. The van der Waals surface area contributed by atoms with Crippen LogP contribution in [0.15, 0.2) is 121 Å². The van der Waals surface area contributed by atoms with E-state index in [0.717, 1.165) is 0 Å². The molecule has 3 heterocycles. The monoisotopic (exact) mass is 441 g/mol. The maximum Gasteiger partial charge on any atom is 0.181 e. The number of fused-ring (bicyclic) bond motifs is 5. The molecule has 2 aromatic heterocycles. The van der Waals surface area contributed by atoms with Crippen LogP contribution in [-0.2, 0) is 0 Å². The summed E-state index contributed by atoms with van der Waals surface area (Å²) >= 11 is 0. The molecule has 1 atom stereocenters. The topological polar surface area (TPSA) is 12.9 Å². The minimum Gasteiger partial charge on any atom is -0.252 e. The van der Waals surface area contributed by atoms with E-state index in [1.165, 1.54) is 47.2 Å². The van der Waals surface area contributed by atoms with Gasteiger partial charge >= 0.3 is 0 Å². The van der Waals surface area contributed by atoms with Crippen molar-refractivity contribution in [2.75, 3.05) is 0 Å². The Hall–Kier alpha value is -3.45. The lowest BCUT2D eigenvalue weighted by molar-refractivity contribution is 1.45. The van der Waals surface area contributed by atoms with E-state index >= 15 is 0 Å². The van der Waals surface area contributed by atoms with Crippen molar-refractivity contribution >= 4 is 57.5 Å². The van der Waals surface area contributed by atoms with Crippen LogP contribution in [0.3, 0.4) is 0 Å². The summed E-state index contributed by atoms with van der Waals surface area (Å²) < 4.78 is 0. The standard InChI is InChI=1S/C29H20NPSi/c1-3-11-21(12-4-1)32(22-13-5-2-6-14-22)26-18-8-7-17-25(26)31-28-23(15-9-19-27(28)32)24-16-10-20-30-29(24)31/h1-20H. The van der Waals surface area contributed by atoms with E-state index in [4.69, 9.17) is 4.98 Å². The van der Waals surface area contributed by atoms with Crippen molar-refractivity contribution in [3.05, 3.63) is 121 Å². The van der Waals surface area contributed by atoms with Gasteiger partial charge in [-0.3, -0.25) is 4.98 Å². The van der Waals surface area contributed by atoms with Crippen LogP contribution in [0.25, 0.3) is 26.4 Å². The largest absolute Gasteiger partial charge is 0.252 e. The lowest BCUT2D eigenvalue weighted by atomic mass is 10.2. The summed E-state index contributed by atoms with van der Waals surface area (Å²) in [6.07, 6.45) is 1.96. The van der Waals surface area contributed by atoms with Crippen molar-refractivity contribution < 1.29 is 0 Å². The first-order valence-electron chi connectivity index (χ1n) is 11.0. The number of pyridine rings is 1. The molecule has 1 nitrogen and oxygen atoms in total. The van der Waals surface area contributed by atoms with Gasteiger partial charge in [0.05, 0.1) is 5.25 Å². The molecule has 150 valence electrons. The van der Waals surface area contributed by atoms with Gasteiger partial charge in [0.1, 0.15) is 0 Å². The van der Waals surface area contributed by atoms with Crippen molar-refractivity contribution in [3.63, 3.8) is 0 Å². The predicted octanol–water partition coefficient (Wildman–Crippen LogP) is 5.05. The Morgan fingerprint density at radius 2 is 1.16 bits per heavy atom. The van der Waals surface area contributed by atoms with E-state index in [1.54, 1.807) is 0 Å². The number of aromatic nitrogens is 1. The highest BCUT2D eigenvalue weighted by Crippen LogP contribution is 2.55. The molecule has 0 fully saturated rings. The number of hydrogen-bond acceptors (Lipinski definition) is 1. The first-order valence-corrected chi connectivity index (χ1v) is 14.3. The minimum absolute atomic E-state index is 0.640. The first-order chi connectivity index (χ1) is 15.9. The summed E-state index contributed by atoms with van der Waals surface area (Å²) in [6, 6.07) is 43.0. The SMILES string of the molecule is c1ccc([Si]2(c3ccccc3)c3ccccc3-p3c4ncccc4c4cccc2c43)cc1. The Morgan fingerprint density at radius 1 is 0.531 bits per heavy atom. The van der Waals surface area contributed by atoms with Gasteiger partial charge in [0, 0.05) is 22.0 Å². The zero-order chi connectivity index (χ0) is 21.1. The van der Waals surface area contributed by atoms with Crippen LogP contribution in [0.1, 0.15) is 0 Å². The maximum absolute atomic E-state index is 4.94. The fourth-order valence-electron chi connectivity index (χ4n) is 5.73. The molecule has 0 saturated carbocycles. The highest BCUT2D eigenvalue weighted by molar-refractivity contribution is 7.70. The van der Waals surface area contributed by atoms with Gasteiger partial charge in [-0.2, -0.15) is 0 Å². The Morgan fingerprint density at radius 3 is 1.91 bits per heavy atom. The van der Waals surface area contributed by atoms with Gasteiger partial charge in [0.25, 0.3) is 0 Å². The van der Waals surface area contributed by atoms with Gasteiger partial charge in [0.15, 0.2) is 8.07 Å². The van der Waals surface area contributed by atoms with Crippen LogP contribution >= 0.6 is 7.53 Å². The molecule has 0 saturated heterocycles. The van der Waals surface area contributed by atoms with Crippen molar-refractivity contribution in [3.8, 4) is 5.30 Å². The van der Waals surface area contributed by atoms with Crippen LogP contribution in [0.5, 0.6) is 0 Å². The average Bonchev–Trinajstić information content (AvgIpc) is 3.22. The molecule has 4 aromatic carbocycles. The summed E-state index contributed by atoms with van der Waals surface area (Å²) in [5.41, 5.74) is 0. The molecule has 0 amide bonds. The zero-order valence-corrected chi connectivity index (χ0v) is 19.3. The molecule has 0 bridgehead atoms. The van der Waals surface area contributed by atoms with Gasteiger partial charge in [-0.25, -0.2) is 0 Å². The summed E-state index contributed by atoms with van der Waals surface area (Å²) in [4.78, 5) is 4.94. The number of benzene rings is 4. The fourth-order valence-corrected chi connectivity index (χ4v) is 14.9. The van der Waals surface area contributed by atoms with Crippen molar-refractivity contribution in [2.24, 2.45) is 0 Å². The van der Waals surface area contributed by atoms with Crippen molar-refractivity contribution in [1.82, 2.24) is 4.98 Å². The molecule has 6 aromatic rings. The molecular weight excluding hydrogens is 421 g/mol. The molecular formula is C29H20NPSi. The van der Waals surface area contributed by atoms with E-state index in [9.17, 15) is 0 Å². The summed E-state index contributed by atoms with van der Waals surface area (Å²) in [7, 11) is -3.10. The van der Waals surface area contributed by atoms with Gasteiger partial charge in [-0.1, -0.05) is 117 Å². The Balaban J connectivity index is 1.79. The summed E-state index contributed by atoms with van der Waals surface area (Å²) in [6.45, 7) is 0. The van der Waals surface area contributed by atoms with Crippen LogP contribution in [0.4, 0.5) is 0 Å². The zero-order valence-electron chi connectivity index (χ0n) is 17.4. The van der Waals surface area contributed by atoms with E-state index < -0.39 is 15.6 Å². The summed E-state index contributed by atoms with van der Waals surface area (Å²) in [5, 5.41) is 12.9. The molecule has 0 N–H and O–H groups in total. The molecule has 3 heteroatoms. The molecule has 7 rings (SSSR count). The molecule has 1 aliphatic heterocycles. The molecule has 0 aliphatic carbocycles. The van der Waals surface area contributed by atoms with Crippen LogP contribution in [-0.4, -0.2) is 13.1 Å². The lowest BCUT2D eigenvalue weighted by Crippen LogP contribution is -2.75. The van der Waals surface area contributed by atoms with Crippen molar-refractivity contribution in [1.29, 1.82) is 0 Å². The number of hydrogen-bond donors (Lipinski definition) is 0. The summed E-state index contributed by atoms with van der Waals surface area (Å²) in [5.74, 6) is 0. The lowest BCUT2D eigenvalue weighted by Gasteiger charge is -2.39. The highest BCUT2D eigenvalue weighted by atomic mass is 31.1. The normalized spacial score (nSPS) is 14.4. The predicted molar refractivity (Wildman–Crippen MR) is 140 cm³/mol. The molecule has 0 radical (unpaired) electrons. The Bertz CT molecular complexity index is 1580. The van der Waals surface area contributed by atoms with E-state index in [1.807, 2.05) is 6.20 Å². The van der Waals surface area contributed by atoms with Gasteiger partial charge in [-0.15, -0.1) is 0 Å². The van der Waals surface area contributed by atoms with Gasteiger partial charge in [-0.05, 0) is 32.2 Å². The molecule has 1 aliphatic rings. The van der Waals surface area contributed by atoms with Gasteiger partial charge in [0.2, 0.25) is 0 Å². The van der Waals surface area contributed by atoms with Crippen LogP contribution in [0, 0.1) is 0 Å². The van der Waals surface area contributed by atoms with E-state index in [2.05, 4.69) is 115 Å². The van der Waals surface area contributed by atoms with Gasteiger partial charge < -0.3 is 0 Å². The Labute approximate surface area is 189 Å². The molecule has 0 spiro atoms. The van der Waals surface area contributed by atoms with Crippen molar-refractivity contribution in [2.45, 2.75) is 0 Å². The van der Waals surface area contributed by atoms with Crippen LogP contribution in [0.2, 0.25) is 0 Å². The van der Waals surface area contributed by atoms with E-state index in [0.29, 0.717) is 0 Å². The molecule has 1 unspecified atom stereocenters. The average molecular weight is 442 g/mol. The number of nitrogens with zero attached hydrogens (tertiary/aromatic N) is 1. The number of rotatable bonds is 2. The minimum atomic E-state index is -2.46. The quantitative estimate of drug-likeness (QED) is 0.342. The second-order valence-corrected chi connectivity index (χ2v) is 14.2.